The fourth-order valence-corrected chi connectivity index (χ4v) is 5.10. The molecule has 0 radical (unpaired) electrons. The summed E-state index contributed by atoms with van der Waals surface area (Å²) in [5, 5.41) is 0. The minimum absolute atomic E-state index is 0.0465. The highest BCUT2D eigenvalue weighted by Gasteiger charge is 2.40. The van der Waals surface area contributed by atoms with Crippen LogP contribution in [-0.2, 0) is 14.8 Å². The van der Waals surface area contributed by atoms with Gasteiger partial charge >= 0.3 is 0 Å². The average molecular weight is 296 g/mol. The first-order chi connectivity index (χ1) is 9.39. The number of nitrogens with two attached hydrogens (primary N) is 1. The number of anilines is 1. The Balaban J connectivity index is 2.02. The molecule has 0 spiro atoms. The lowest BCUT2D eigenvalue weighted by Crippen LogP contribution is -2.46. The third-order valence-electron chi connectivity index (χ3n) is 4.25. The number of morpholine rings is 1. The maximum atomic E-state index is 12.9. The second-order valence-corrected chi connectivity index (χ2v) is 7.58. The third-order valence-corrected chi connectivity index (χ3v) is 6.37. The molecule has 6 heteroatoms. The minimum atomic E-state index is -3.50. The molecule has 3 rings (SSSR count). The van der Waals surface area contributed by atoms with Crippen LogP contribution in [0.25, 0.3) is 0 Å². The van der Waals surface area contributed by atoms with Crippen molar-refractivity contribution < 1.29 is 13.2 Å². The van der Waals surface area contributed by atoms with E-state index in [1.807, 2.05) is 6.92 Å². The molecule has 2 saturated heterocycles. The van der Waals surface area contributed by atoms with E-state index < -0.39 is 10.0 Å². The Labute approximate surface area is 119 Å². The summed E-state index contributed by atoms with van der Waals surface area (Å²) in [4.78, 5) is 0.360. The summed E-state index contributed by atoms with van der Waals surface area (Å²) in [6, 6.07) is 3.52. The van der Waals surface area contributed by atoms with Crippen molar-refractivity contribution in [3.8, 4) is 0 Å². The predicted molar refractivity (Wildman–Crippen MR) is 77.0 cm³/mol. The highest BCUT2D eigenvalue weighted by Crippen LogP contribution is 2.33. The zero-order valence-electron chi connectivity index (χ0n) is 11.8. The van der Waals surface area contributed by atoms with Gasteiger partial charge in [0.05, 0.1) is 17.1 Å². The molecule has 0 saturated carbocycles. The Bertz CT molecular complexity index is 630. The molecular weight excluding hydrogens is 276 g/mol. The second kappa shape index (κ2) is 4.72. The van der Waals surface area contributed by atoms with Crippen molar-refractivity contribution in [3.05, 3.63) is 23.3 Å². The number of nitrogen functional groups attached to an aromatic ring is 1. The van der Waals surface area contributed by atoms with Crippen molar-refractivity contribution in [2.75, 3.05) is 18.8 Å². The molecule has 0 aromatic heterocycles. The molecule has 5 nitrogen and oxygen atoms in total. The molecule has 1 aromatic rings. The molecule has 2 aliphatic heterocycles. The maximum Gasteiger partial charge on any atom is 0.243 e. The van der Waals surface area contributed by atoms with Crippen molar-refractivity contribution in [1.82, 2.24) is 4.31 Å². The number of nitrogens with zero attached hydrogens (tertiary/aromatic N) is 1. The second-order valence-electron chi connectivity index (χ2n) is 5.71. The first kappa shape index (κ1) is 13.9. The van der Waals surface area contributed by atoms with E-state index in [1.54, 1.807) is 23.4 Å². The molecule has 20 heavy (non-hydrogen) atoms. The Morgan fingerprint density at radius 3 is 2.40 bits per heavy atom. The van der Waals surface area contributed by atoms with E-state index in [-0.39, 0.29) is 12.2 Å². The van der Waals surface area contributed by atoms with Crippen LogP contribution in [0.1, 0.15) is 24.0 Å². The van der Waals surface area contributed by atoms with Crippen LogP contribution in [-0.4, -0.2) is 38.0 Å². The molecule has 2 atom stereocenters. The summed E-state index contributed by atoms with van der Waals surface area (Å²) in [6.45, 7) is 4.48. The third kappa shape index (κ3) is 2.12. The Morgan fingerprint density at radius 1 is 1.20 bits per heavy atom. The summed E-state index contributed by atoms with van der Waals surface area (Å²) in [5.74, 6) is 0. The number of fused-ring (bicyclic) bond motifs is 2. The standard InChI is InChI=1S/C14H20N2O3S/c1-9-3-6-13(15)10(2)14(9)20(17,18)16-7-11-4-5-12(8-16)19-11/h3,6,11-12H,4-5,7-8,15H2,1-2H3. The average Bonchev–Trinajstić information content (AvgIpc) is 2.73. The highest BCUT2D eigenvalue weighted by molar-refractivity contribution is 7.89. The van der Waals surface area contributed by atoms with Crippen molar-refractivity contribution in [1.29, 1.82) is 0 Å². The van der Waals surface area contributed by atoms with Gasteiger partial charge in [0.1, 0.15) is 0 Å². The zero-order chi connectivity index (χ0) is 14.5. The largest absolute Gasteiger partial charge is 0.398 e. The van der Waals surface area contributed by atoms with Gasteiger partial charge in [-0.15, -0.1) is 0 Å². The molecule has 2 aliphatic rings. The SMILES string of the molecule is Cc1ccc(N)c(C)c1S(=O)(=O)N1CC2CCC(C1)O2. The van der Waals surface area contributed by atoms with Crippen LogP contribution >= 0.6 is 0 Å². The van der Waals surface area contributed by atoms with E-state index in [0.717, 1.165) is 18.4 Å². The summed E-state index contributed by atoms with van der Waals surface area (Å²) < 4.78 is 33.1. The first-order valence-corrected chi connectivity index (χ1v) is 8.35. The van der Waals surface area contributed by atoms with E-state index in [2.05, 4.69) is 0 Å². The van der Waals surface area contributed by atoms with Gasteiger partial charge in [-0.25, -0.2) is 8.42 Å². The van der Waals surface area contributed by atoms with Gasteiger partial charge in [0.15, 0.2) is 0 Å². The van der Waals surface area contributed by atoms with Crippen LogP contribution < -0.4 is 5.73 Å². The van der Waals surface area contributed by atoms with Gasteiger partial charge in [0, 0.05) is 18.8 Å². The minimum Gasteiger partial charge on any atom is -0.398 e. The van der Waals surface area contributed by atoms with Gasteiger partial charge in [-0.2, -0.15) is 4.31 Å². The van der Waals surface area contributed by atoms with Crippen molar-refractivity contribution in [3.63, 3.8) is 0 Å². The number of rotatable bonds is 2. The molecule has 0 amide bonds. The Morgan fingerprint density at radius 2 is 1.80 bits per heavy atom. The topological polar surface area (TPSA) is 72.6 Å². The van der Waals surface area contributed by atoms with Gasteiger partial charge in [0.25, 0.3) is 0 Å². The van der Waals surface area contributed by atoms with E-state index in [1.165, 1.54) is 0 Å². The van der Waals surface area contributed by atoms with Crippen LogP contribution in [0.15, 0.2) is 17.0 Å². The molecule has 110 valence electrons. The van der Waals surface area contributed by atoms with E-state index >= 15 is 0 Å². The quantitative estimate of drug-likeness (QED) is 0.838. The molecule has 2 N–H and O–H groups in total. The Kier molecular flexibility index (Phi) is 3.27. The van der Waals surface area contributed by atoms with Crippen molar-refractivity contribution >= 4 is 15.7 Å². The normalized spacial score (nSPS) is 26.9. The van der Waals surface area contributed by atoms with E-state index in [0.29, 0.717) is 29.2 Å². The Hall–Kier alpha value is -1.11. The first-order valence-electron chi connectivity index (χ1n) is 6.91. The number of hydrogen-bond donors (Lipinski definition) is 1. The number of aryl methyl sites for hydroxylation is 1. The summed E-state index contributed by atoms with van der Waals surface area (Å²) in [7, 11) is -3.50. The summed E-state index contributed by atoms with van der Waals surface area (Å²) in [5.41, 5.74) is 7.78. The van der Waals surface area contributed by atoms with Crippen LogP contribution in [0.3, 0.4) is 0 Å². The molecular formula is C14H20N2O3S. The van der Waals surface area contributed by atoms with Gasteiger partial charge < -0.3 is 10.5 Å². The molecule has 2 unspecified atom stereocenters. The number of hydrogen-bond acceptors (Lipinski definition) is 4. The maximum absolute atomic E-state index is 12.9. The van der Waals surface area contributed by atoms with Crippen molar-refractivity contribution in [2.24, 2.45) is 0 Å². The zero-order valence-corrected chi connectivity index (χ0v) is 12.6. The lowest BCUT2D eigenvalue weighted by atomic mass is 10.1. The highest BCUT2D eigenvalue weighted by atomic mass is 32.2. The fraction of sp³-hybridized carbons (Fsp3) is 0.571. The number of benzene rings is 1. The van der Waals surface area contributed by atoms with Gasteiger partial charge in [0.2, 0.25) is 10.0 Å². The number of ether oxygens (including phenoxy) is 1. The summed E-state index contributed by atoms with van der Waals surface area (Å²) in [6.07, 6.45) is 1.99. The molecule has 2 bridgehead atoms. The van der Waals surface area contributed by atoms with Gasteiger partial charge in [-0.1, -0.05) is 6.07 Å². The lowest BCUT2D eigenvalue weighted by molar-refractivity contribution is -0.0114. The van der Waals surface area contributed by atoms with Crippen molar-refractivity contribution in [2.45, 2.75) is 43.8 Å². The molecule has 2 heterocycles. The van der Waals surface area contributed by atoms with Crippen LogP contribution in [0.2, 0.25) is 0 Å². The van der Waals surface area contributed by atoms with E-state index in [9.17, 15) is 8.42 Å². The van der Waals surface area contributed by atoms with Crippen LogP contribution in [0.4, 0.5) is 5.69 Å². The summed E-state index contributed by atoms with van der Waals surface area (Å²) >= 11 is 0. The molecule has 2 fully saturated rings. The van der Waals surface area contributed by atoms with Crippen LogP contribution in [0, 0.1) is 13.8 Å². The number of sulfonamides is 1. The monoisotopic (exact) mass is 296 g/mol. The molecule has 0 aliphatic carbocycles. The smallest absolute Gasteiger partial charge is 0.243 e. The fourth-order valence-electron chi connectivity index (χ4n) is 3.14. The molecule has 1 aromatic carbocycles. The van der Waals surface area contributed by atoms with Gasteiger partial charge in [-0.3, -0.25) is 0 Å². The van der Waals surface area contributed by atoms with E-state index in [4.69, 9.17) is 10.5 Å². The lowest BCUT2D eigenvalue weighted by Gasteiger charge is -2.32. The predicted octanol–water partition coefficient (Wildman–Crippen LogP) is 1.44. The van der Waals surface area contributed by atoms with Gasteiger partial charge in [-0.05, 0) is 43.9 Å². The van der Waals surface area contributed by atoms with Crippen LogP contribution in [0.5, 0.6) is 0 Å².